The van der Waals surface area contributed by atoms with E-state index in [1.807, 2.05) is 6.07 Å². The van der Waals surface area contributed by atoms with Gasteiger partial charge in [-0.05, 0) is 49.8 Å². The van der Waals surface area contributed by atoms with Gasteiger partial charge in [0.1, 0.15) is 5.75 Å². The van der Waals surface area contributed by atoms with E-state index >= 15 is 0 Å². The molecule has 1 N–H and O–H groups in total. The monoisotopic (exact) mass is 263 g/mol. The molecule has 1 aromatic rings. The van der Waals surface area contributed by atoms with Crippen LogP contribution in [0.5, 0.6) is 5.75 Å². The van der Waals surface area contributed by atoms with E-state index in [1.165, 1.54) is 24.0 Å². The third kappa shape index (κ3) is 3.95. The van der Waals surface area contributed by atoms with Crippen LogP contribution in [0.25, 0.3) is 0 Å². The number of nitrogens with one attached hydrogen (secondary N) is 1. The average Bonchev–Trinajstić information content (AvgIpc) is 2.46. The average molecular weight is 263 g/mol. The van der Waals surface area contributed by atoms with Crippen LogP contribution in [0.1, 0.15) is 30.9 Å². The van der Waals surface area contributed by atoms with Crippen molar-refractivity contribution in [2.45, 2.75) is 39.3 Å². The van der Waals surface area contributed by atoms with Gasteiger partial charge in [-0.2, -0.15) is 0 Å². The summed E-state index contributed by atoms with van der Waals surface area (Å²) in [7, 11) is 1.72. The minimum atomic E-state index is 0.548. The third-order valence-electron chi connectivity index (χ3n) is 4.06. The van der Waals surface area contributed by atoms with E-state index in [2.05, 4.69) is 31.3 Å². The number of hydrogen-bond acceptors (Lipinski definition) is 3. The number of hydrogen-bond donors (Lipinski definition) is 1. The predicted octanol–water partition coefficient (Wildman–Crippen LogP) is 2.91. The highest BCUT2D eigenvalue weighted by Gasteiger charge is 2.19. The zero-order valence-corrected chi connectivity index (χ0v) is 12.2. The van der Waals surface area contributed by atoms with Crippen molar-refractivity contribution >= 4 is 0 Å². The van der Waals surface area contributed by atoms with E-state index in [0.29, 0.717) is 6.04 Å². The lowest BCUT2D eigenvalue weighted by Gasteiger charge is -2.28. The lowest BCUT2D eigenvalue weighted by molar-refractivity contribution is 0.0558. The van der Waals surface area contributed by atoms with Crippen molar-refractivity contribution in [2.24, 2.45) is 5.92 Å². The van der Waals surface area contributed by atoms with Crippen LogP contribution >= 0.6 is 0 Å². The molecular formula is C16H25NO2. The molecule has 1 heterocycles. The lowest BCUT2D eigenvalue weighted by Crippen LogP contribution is -2.36. The third-order valence-corrected chi connectivity index (χ3v) is 4.06. The predicted molar refractivity (Wildman–Crippen MR) is 77.6 cm³/mol. The highest BCUT2D eigenvalue weighted by atomic mass is 16.5. The van der Waals surface area contributed by atoms with Crippen LogP contribution < -0.4 is 10.1 Å². The maximum atomic E-state index is 5.41. The molecule has 0 aliphatic carbocycles. The van der Waals surface area contributed by atoms with Gasteiger partial charge in [-0.1, -0.05) is 12.1 Å². The fourth-order valence-corrected chi connectivity index (χ4v) is 2.71. The van der Waals surface area contributed by atoms with Crippen LogP contribution in [0.2, 0.25) is 0 Å². The van der Waals surface area contributed by atoms with Crippen molar-refractivity contribution in [1.82, 2.24) is 5.32 Å². The Hall–Kier alpha value is -1.06. The van der Waals surface area contributed by atoms with Gasteiger partial charge in [-0.15, -0.1) is 0 Å². The van der Waals surface area contributed by atoms with Gasteiger partial charge in [0.15, 0.2) is 0 Å². The minimum absolute atomic E-state index is 0.548. The van der Waals surface area contributed by atoms with Gasteiger partial charge in [0.25, 0.3) is 0 Å². The fraction of sp³-hybridized carbons (Fsp3) is 0.625. The maximum Gasteiger partial charge on any atom is 0.121 e. The molecule has 1 aliphatic heterocycles. The number of ether oxygens (including phenoxy) is 2. The zero-order chi connectivity index (χ0) is 13.7. The Kier molecular flexibility index (Phi) is 5.23. The second-order valence-electron chi connectivity index (χ2n) is 5.42. The van der Waals surface area contributed by atoms with E-state index in [9.17, 15) is 0 Å². The van der Waals surface area contributed by atoms with Gasteiger partial charge in [-0.25, -0.2) is 0 Å². The molecule has 1 saturated heterocycles. The quantitative estimate of drug-likeness (QED) is 0.886. The largest absolute Gasteiger partial charge is 0.496 e. The van der Waals surface area contributed by atoms with E-state index < -0.39 is 0 Å². The summed E-state index contributed by atoms with van der Waals surface area (Å²) in [6.45, 7) is 7.12. The number of rotatable bonds is 5. The zero-order valence-electron chi connectivity index (χ0n) is 12.2. The molecule has 0 spiro atoms. The molecule has 2 rings (SSSR count). The van der Waals surface area contributed by atoms with E-state index in [1.54, 1.807) is 7.11 Å². The lowest BCUT2D eigenvalue weighted by atomic mass is 9.93. The van der Waals surface area contributed by atoms with Crippen molar-refractivity contribution in [1.29, 1.82) is 0 Å². The summed E-state index contributed by atoms with van der Waals surface area (Å²) in [6, 6.07) is 6.93. The molecule has 3 nitrogen and oxygen atoms in total. The molecule has 1 atom stereocenters. The molecule has 0 saturated carbocycles. The standard InChI is InChI=1S/C16H25NO2/c1-12-10-14(4-5-16(12)18-3)11-17-13(2)15-6-8-19-9-7-15/h4-5,10,13,15,17H,6-9,11H2,1-3H3. The summed E-state index contributed by atoms with van der Waals surface area (Å²) in [5.74, 6) is 1.70. The Morgan fingerprint density at radius 2 is 2.11 bits per heavy atom. The molecule has 1 aliphatic rings. The fourth-order valence-electron chi connectivity index (χ4n) is 2.71. The van der Waals surface area contributed by atoms with Gasteiger partial charge in [0.2, 0.25) is 0 Å². The molecule has 106 valence electrons. The van der Waals surface area contributed by atoms with Gasteiger partial charge in [0.05, 0.1) is 7.11 Å². The Balaban J connectivity index is 1.85. The highest BCUT2D eigenvalue weighted by Crippen LogP contribution is 2.20. The van der Waals surface area contributed by atoms with Crippen LogP contribution in [0.3, 0.4) is 0 Å². The van der Waals surface area contributed by atoms with Gasteiger partial charge in [0, 0.05) is 25.8 Å². The SMILES string of the molecule is COc1ccc(CNC(C)C2CCOCC2)cc1C. The summed E-state index contributed by atoms with van der Waals surface area (Å²) in [6.07, 6.45) is 2.35. The molecule has 0 amide bonds. The molecule has 1 fully saturated rings. The van der Waals surface area contributed by atoms with Crippen molar-refractivity contribution in [3.05, 3.63) is 29.3 Å². The second kappa shape index (κ2) is 6.92. The number of aryl methyl sites for hydroxylation is 1. The van der Waals surface area contributed by atoms with E-state index in [0.717, 1.165) is 31.4 Å². The van der Waals surface area contributed by atoms with Crippen LogP contribution in [-0.2, 0) is 11.3 Å². The Morgan fingerprint density at radius 3 is 2.74 bits per heavy atom. The van der Waals surface area contributed by atoms with Crippen LogP contribution in [0.15, 0.2) is 18.2 Å². The van der Waals surface area contributed by atoms with Gasteiger partial charge < -0.3 is 14.8 Å². The van der Waals surface area contributed by atoms with Crippen molar-refractivity contribution in [3.63, 3.8) is 0 Å². The summed E-state index contributed by atoms with van der Waals surface area (Å²) in [4.78, 5) is 0. The number of methoxy groups -OCH3 is 1. The van der Waals surface area contributed by atoms with Gasteiger partial charge in [-0.3, -0.25) is 0 Å². The second-order valence-corrected chi connectivity index (χ2v) is 5.42. The van der Waals surface area contributed by atoms with E-state index in [4.69, 9.17) is 9.47 Å². The maximum absolute atomic E-state index is 5.41. The molecule has 3 heteroatoms. The molecule has 1 unspecified atom stereocenters. The van der Waals surface area contributed by atoms with Crippen molar-refractivity contribution < 1.29 is 9.47 Å². The first-order chi connectivity index (χ1) is 9.20. The van der Waals surface area contributed by atoms with Crippen LogP contribution in [-0.4, -0.2) is 26.4 Å². The van der Waals surface area contributed by atoms with Crippen molar-refractivity contribution in [2.75, 3.05) is 20.3 Å². The molecule has 0 radical (unpaired) electrons. The Bertz CT molecular complexity index is 400. The Morgan fingerprint density at radius 1 is 1.37 bits per heavy atom. The minimum Gasteiger partial charge on any atom is -0.496 e. The molecule has 1 aromatic carbocycles. The van der Waals surface area contributed by atoms with E-state index in [-0.39, 0.29) is 0 Å². The van der Waals surface area contributed by atoms with Crippen LogP contribution in [0.4, 0.5) is 0 Å². The summed E-state index contributed by atoms with van der Waals surface area (Å²) in [5.41, 5.74) is 2.51. The molecule has 0 bridgehead atoms. The normalized spacial score (nSPS) is 18.3. The first-order valence-electron chi connectivity index (χ1n) is 7.15. The first-order valence-corrected chi connectivity index (χ1v) is 7.15. The first kappa shape index (κ1) is 14.4. The summed E-state index contributed by atoms with van der Waals surface area (Å²) in [5, 5.41) is 3.64. The molecular weight excluding hydrogens is 238 g/mol. The van der Waals surface area contributed by atoms with Crippen LogP contribution in [0, 0.1) is 12.8 Å². The van der Waals surface area contributed by atoms with Crippen molar-refractivity contribution in [3.8, 4) is 5.75 Å². The smallest absolute Gasteiger partial charge is 0.121 e. The summed E-state index contributed by atoms with van der Waals surface area (Å²) >= 11 is 0. The topological polar surface area (TPSA) is 30.5 Å². The number of benzene rings is 1. The Labute approximate surface area is 116 Å². The van der Waals surface area contributed by atoms with Gasteiger partial charge >= 0.3 is 0 Å². The summed E-state index contributed by atoms with van der Waals surface area (Å²) < 4.78 is 10.7. The highest BCUT2D eigenvalue weighted by molar-refractivity contribution is 5.36. The molecule has 0 aromatic heterocycles. The molecule has 19 heavy (non-hydrogen) atoms.